The first-order valence-corrected chi connectivity index (χ1v) is 21.8. The number of unbranched alkanes of at least 4 members (excludes halogenated alkanes) is 12. The van der Waals surface area contributed by atoms with Crippen molar-refractivity contribution in [3.05, 3.63) is 60.8 Å². The molecule has 0 aromatic carbocycles. The Hall–Kier alpha value is -2.37. The minimum atomic E-state index is -4.65. The highest BCUT2D eigenvalue weighted by atomic mass is 31.2. The third-order valence-electron chi connectivity index (χ3n) is 8.26. The van der Waals surface area contributed by atoms with Crippen LogP contribution < -0.4 is 0 Å². The van der Waals surface area contributed by atoms with Gasteiger partial charge in [-0.05, 0) is 64.2 Å². The van der Waals surface area contributed by atoms with E-state index in [1.807, 2.05) is 18.2 Å². The molecule has 312 valence electrons. The smallest absolute Gasteiger partial charge is 0.462 e. The number of allylic oxidation sites excluding steroid dienone is 9. The summed E-state index contributed by atoms with van der Waals surface area (Å²) in [6.07, 6.45) is 36.3. The molecule has 0 aliphatic carbocycles. The van der Waals surface area contributed by atoms with Gasteiger partial charge in [0, 0.05) is 12.8 Å². The number of esters is 2. The second kappa shape index (κ2) is 37.5. The van der Waals surface area contributed by atoms with E-state index in [0.717, 1.165) is 83.5 Å². The van der Waals surface area contributed by atoms with E-state index in [1.54, 1.807) is 6.08 Å². The lowest BCUT2D eigenvalue weighted by Gasteiger charge is -2.20. The van der Waals surface area contributed by atoms with E-state index in [9.17, 15) is 29.3 Å². The van der Waals surface area contributed by atoms with E-state index in [4.69, 9.17) is 19.1 Å². The quantitative estimate of drug-likeness (QED) is 0.0156. The van der Waals surface area contributed by atoms with E-state index in [2.05, 4.69) is 54.8 Å². The van der Waals surface area contributed by atoms with Crippen LogP contribution in [0.5, 0.6) is 0 Å². The molecule has 12 heteroatoms. The number of phosphoric acid groups is 1. The Kier molecular flexibility index (Phi) is 35.9. The SMILES string of the molecule is CC/C=C/C/C=C/C=C/C(O)CCCCCCCC(=O)O[C@H](COC(=O)CCCCCCC/C=C\C/C=C\CCCCC)COP(=O)(O)OC[C@@H](O)CO. The van der Waals surface area contributed by atoms with Crippen molar-refractivity contribution in [3.8, 4) is 0 Å². The Morgan fingerprint density at radius 2 is 1.22 bits per heavy atom. The maximum absolute atomic E-state index is 12.6. The molecule has 0 radical (unpaired) electrons. The van der Waals surface area contributed by atoms with Gasteiger partial charge >= 0.3 is 19.8 Å². The summed E-state index contributed by atoms with van der Waals surface area (Å²) >= 11 is 0. The zero-order valence-corrected chi connectivity index (χ0v) is 34.2. The average Bonchev–Trinajstić information content (AvgIpc) is 3.15. The van der Waals surface area contributed by atoms with Gasteiger partial charge < -0.3 is 29.7 Å². The lowest BCUT2D eigenvalue weighted by atomic mass is 10.1. The summed E-state index contributed by atoms with van der Waals surface area (Å²) < 4.78 is 32.6. The van der Waals surface area contributed by atoms with Crippen molar-refractivity contribution in [2.45, 2.75) is 167 Å². The topological polar surface area (TPSA) is 169 Å². The van der Waals surface area contributed by atoms with Crippen LogP contribution in [-0.2, 0) is 32.7 Å². The molecule has 54 heavy (non-hydrogen) atoms. The van der Waals surface area contributed by atoms with E-state index in [1.165, 1.54) is 19.3 Å². The van der Waals surface area contributed by atoms with Gasteiger partial charge in [-0.15, -0.1) is 0 Å². The third kappa shape index (κ3) is 36.6. The molecule has 0 aromatic rings. The summed E-state index contributed by atoms with van der Waals surface area (Å²) in [6, 6.07) is 0. The van der Waals surface area contributed by atoms with Gasteiger partial charge in [0.2, 0.25) is 0 Å². The Labute approximate surface area is 326 Å². The molecule has 0 heterocycles. The monoisotopic (exact) mass is 784 g/mol. The lowest BCUT2D eigenvalue weighted by molar-refractivity contribution is -0.161. The minimum Gasteiger partial charge on any atom is -0.462 e. The Balaban J connectivity index is 4.46. The number of aliphatic hydroxyl groups is 3. The second-order valence-electron chi connectivity index (χ2n) is 13.5. The largest absolute Gasteiger partial charge is 0.472 e. The van der Waals surface area contributed by atoms with E-state index in [0.29, 0.717) is 19.3 Å². The number of carbonyl (C=O) groups excluding carboxylic acids is 2. The first kappa shape index (κ1) is 51.6. The summed E-state index contributed by atoms with van der Waals surface area (Å²) in [6.45, 7) is 2.07. The van der Waals surface area contributed by atoms with Gasteiger partial charge in [-0.25, -0.2) is 4.57 Å². The van der Waals surface area contributed by atoms with Crippen LogP contribution in [-0.4, -0.2) is 76.9 Å². The molecule has 0 aromatic heterocycles. The maximum Gasteiger partial charge on any atom is 0.472 e. The molecular weight excluding hydrogens is 711 g/mol. The van der Waals surface area contributed by atoms with E-state index >= 15 is 0 Å². The Morgan fingerprint density at radius 1 is 0.648 bits per heavy atom. The summed E-state index contributed by atoms with van der Waals surface area (Å²) in [5.41, 5.74) is 0. The van der Waals surface area contributed by atoms with Crippen LogP contribution in [0.15, 0.2) is 60.8 Å². The molecule has 4 N–H and O–H groups in total. The normalized spacial score (nSPS) is 15.1. The van der Waals surface area contributed by atoms with Crippen LogP contribution in [0.1, 0.15) is 149 Å². The van der Waals surface area contributed by atoms with Gasteiger partial charge in [0.25, 0.3) is 0 Å². The highest BCUT2D eigenvalue weighted by Crippen LogP contribution is 2.43. The van der Waals surface area contributed by atoms with Crippen molar-refractivity contribution >= 4 is 19.8 Å². The highest BCUT2D eigenvalue weighted by molar-refractivity contribution is 7.47. The van der Waals surface area contributed by atoms with Gasteiger partial charge in [-0.3, -0.25) is 18.6 Å². The summed E-state index contributed by atoms with van der Waals surface area (Å²) in [7, 11) is -4.65. The zero-order chi connectivity index (χ0) is 40.0. The number of hydrogen-bond acceptors (Lipinski definition) is 10. The van der Waals surface area contributed by atoms with Gasteiger partial charge in [-0.2, -0.15) is 0 Å². The first-order valence-electron chi connectivity index (χ1n) is 20.4. The van der Waals surface area contributed by atoms with Crippen molar-refractivity contribution in [2.75, 3.05) is 26.4 Å². The fourth-order valence-corrected chi connectivity index (χ4v) is 5.88. The fourth-order valence-electron chi connectivity index (χ4n) is 5.09. The molecule has 0 fully saturated rings. The van der Waals surface area contributed by atoms with E-state index < -0.39 is 57.9 Å². The molecule has 0 bridgehead atoms. The van der Waals surface area contributed by atoms with Crippen molar-refractivity contribution < 1.29 is 52.9 Å². The van der Waals surface area contributed by atoms with Gasteiger partial charge in [0.15, 0.2) is 6.10 Å². The van der Waals surface area contributed by atoms with Crippen molar-refractivity contribution in [3.63, 3.8) is 0 Å². The summed E-state index contributed by atoms with van der Waals surface area (Å²) in [5.74, 6) is -1.02. The molecule has 0 saturated carbocycles. The van der Waals surface area contributed by atoms with Crippen LogP contribution in [0, 0.1) is 0 Å². The maximum atomic E-state index is 12.6. The van der Waals surface area contributed by atoms with Crippen LogP contribution in [0.25, 0.3) is 0 Å². The number of phosphoric ester groups is 1. The van der Waals surface area contributed by atoms with E-state index in [-0.39, 0.29) is 19.4 Å². The van der Waals surface area contributed by atoms with Crippen molar-refractivity contribution in [2.24, 2.45) is 0 Å². The summed E-state index contributed by atoms with van der Waals surface area (Å²) in [5, 5.41) is 28.4. The van der Waals surface area contributed by atoms with Crippen LogP contribution >= 0.6 is 7.82 Å². The number of ether oxygens (including phenoxy) is 2. The zero-order valence-electron chi connectivity index (χ0n) is 33.3. The van der Waals surface area contributed by atoms with Crippen LogP contribution in [0.3, 0.4) is 0 Å². The molecule has 2 unspecified atom stereocenters. The molecule has 0 saturated heterocycles. The predicted molar refractivity (Wildman–Crippen MR) is 216 cm³/mol. The highest BCUT2D eigenvalue weighted by Gasteiger charge is 2.27. The molecule has 0 aliphatic heterocycles. The second-order valence-corrected chi connectivity index (χ2v) is 14.9. The molecule has 4 atom stereocenters. The molecule has 0 aliphatic rings. The Bertz CT molecular complexity index is 1100. The van der Waals surface area contributed by atoms with Crippen molar-refractivity contribution in [1.82, 2.24) is 0 Å². The van der Waals surface area contributed by atoms with Gasteiger partial charge in [0.05, 0.1) is 25.9 Å². The van der Waals surface area contributed by atoms with Crippen LogP contribution in [0.2, 0.25) is 0 Å². The third-order valence-corrected chi connectivity index (χ3v) is 9.21. The molecule has 11 nitrogen and oxygen atoms in total. The number of hydrogen-bond donors (Lipinski definition) is 4. The fraction of sp³-hybridized carbons (Fsp3) is 0.714. The predicted octanol–water partition coefficient (Wildman–Crippen LogP) is 9.30. The standard InChI is InChI=1S/C42H73O11P/c1-3-5-7-9-11-12-13-14-15-16-17-18-20-24-28-32-41(46)50-36-40(37-52-54(48,49)51-35-39(45)34-43)53-42(47)33-29-25-21-23-27-31-38(44)30-26-22-19-10-8-6-4-2/h6,8,11-12,14-15,19,22,26,30,38-40,43-45H,3-5,7,9-10,13,16-18,20-21,23-25,27-29,31-37H2,1-2H3,(H,48,49)/b8-6+,12-11-,15-14-,22-19+,30-26+/t38?,39-,40+/m0/s1. The van der Waals surface area contributed by atoms with Crippen LogP contribution in [0.4, 0.5) is 0 Å². The lowest BCUT2D eigenvalue weighted by Crippen LogP contribution is -2.29. The summed E-state index contributed by atoms with van der Waals surface area (Å²) in [4.78, 5) is 34.9. The van der Waals surface area contributed by atoms with Gasteiger partial charge in [-0.1, -0.05) is 132 Å². The number of aliphatic hydroxyl groups excluding tert-OH is 3. The molecule has 0 spiro atoms. The first-order chi connectivity index (χ1) is 26.1. The molecule has 0 rings (SSSR count). The van der Waals surface area contributed by atoms with Crippen molar-refractivity contribution in [1.29, 1.82) is 0 Å². The van der Waals surface area contributed by atoms with Gasteiger partial charge in [0.1, 0.15) is 12.7 Å². The number of carbonyl (C=O) groups is 2. The molecular formula is C42H73O11P. The minimum absolute atomic E-state index is 0.109. The molecule has 0 amide bonds. The average molecular weight is 785 g/mol. The number of rotatable bonds is 37. The Morgan fingerprint density at radius 3 is 1.89 bits per heavy atom.